The van der Waals surface area contributed by atoms with Crippen molar-refractivity contribution in [1.82, 2.24) is 0 Å². The standard InChI is InChI=1S/C13H17Br2N2O/c1-4-5-17(2,3)6-7-18-13-11(14)8-10(16)9-12(13)15/h1,8-9H,5-7,16H2,2-3H3/q+1. The van der Waals surface area contributed by atoms with Crippen molar-refractivity contribution in [1.29, 1.82) is 0 Å². The van der Waals surface area contributed by atoms with Crippen molar-refractivity contribution < 1.29 is 9.22 Å². The van der Waals surface area contributed by atoms with Crippen molar-refractivity contribution in [3.63, 3.8) is 0 Å². The third-order valence-corrected chi connectivity index (χ3v) is 3.66. The summed E-state index contributed by atoms with van der Waals surface area (Å²) in [7, 11) is 4.16. The van der Waals surface area contributed by atoms with E-state index in [1.165, 1.54) is 0 Å². The van der Waals surface area contributed by atoms with Gasteiger partial charge in [-0.3, -0.25) is 0 Å². The Bertz CT molecular complexity index is 444. The summed E-state index contributed by atoms with van der Waals surface area (Å²) in [5.41, 5.74) is 6.41. The van der Waals surface area contributed by atoms with Gasteiger partial charge in [0.2, 0.25) is 0 Å². The summed E-state index contributed by atoms with van der Waals surface area (Å²) >= 11 is 6.87. The Hall–Kier alpha value is -0.700. The van der Waals surface area contributed by atoms with Gasteiger partial charge >= 0.3 is 0 Å². The lowest BCUT2D eigenvalue weighted by atomic mass is 10.3. The van der Waals surface area contributed by atoms with Crippen LogP contribution in [0.2, 0.25) is 0 Å². The number of nitrogen functional groups attached to an aromatic ring is 1. The number of nitrogens with zero attached hydrogens (tertiary/aromatic N) is 1. The van der Waals surface area contributed by atoms with E-state index in [2.05, 4.69) is 51.9 Å². The first-order chi connectivity index (χ1) is 8.35. The zero-order chi connectivity index (χ0) is 13.8. The molecule has 0 aliphatic carbocycles. The van der Waals surface area contributed by atoms with E-state index < -0.39 is 0 Å². The maximum absolute atomic E-state index is 5.77. The molecule has 0 atom stereocenters. The van der Waals surface area contributed by atoms with Crippen LogP contribution in [0.1, 0.15) is 0 Å². The van der Waals surface area contributed by atoms with Crippen molar-refractivity contribution in [2.75, 3.05) is 39.5 Å². The van der Waals surface area contributed by atoms with E-state index in [-0.39, 0.29) is 0 Å². The van der Waals surface area contributed by atoms with Crippen LogP contribution in [0.3, 0.4) is 0 Å². The molecule has 0 fully saturated rings. The fraction of sp³-hybridized carbons (Fsp3) is 0.385. The minimum absolute atomic E-state index is 0.593. The smallest absolute Gasteiger partial charge is 0.148 e. The highest BCUT2D eigenvalue weighted by molar-refractivity contribution is 9.11. The first-order valence-corrected chi connectivity index (χ1v) is 7.07. The lowest BCUT2D eigenvalue weighted by Crippen LogP contribution is -2.43. The number of ether oxygens (including phenoxy) is 1. The van der Waals surface area contributed by atoms with Crippen LogP contribution >= 0.6 is 31.9 Å². The maximum atomic E-state index is 5.77. The number of likely N-dealkylation sites (N-methyl/N-ethyl adjacent to an activating group) is 1. The van der Waals surface area contributed by atoms with E-state index in [4.69, 9.17) is 16.9 Å². The van der Waals surface area contributed by atoms with E-state index in [0.717, 1.165) is 25.7 Å². The zero-order valence-corrected chi connectivity index (χ0v) is 13.7. The van der Waals surface area contributed by atoms with Gasteiger partial charge in [0.25, 0.3) is 0 Å². The first-order valence-electron chi connectivity index (χ1n) is 5.48. The second kappa shape index (κ2) is 6.46. The third kappa shape index (κ3) is 4.52. The summed E-state index contributed by atoms with van der Waals surface area (Å²) in [6, 6.07) is 3.64. The van der Waals surface area contributed by atoms with Crippen LogP contribution in [-0.2, 0) is 0 Å². The Balaban J connectivity index is 2.63. The van der Waals surface area contributed by atoms with E-state index in [9.17, 15) is 0 Å². The summed E-state index contributed by atoms with van der Waals surface area (Å²) in [5, 5.41) is 0. The highest BCUT2D eigenvalue weighted by Crippen LogP contribution is 2.35. The first kappa shape index (κ1) is 15.4. The Labute approximate surface area is 125 Å². The van der Waals surface area contributed by atoms with Crippen LogP contribution in [0.5, 0.6) is 5.75 Å². The lowest BCUT2D eigenvalue weighted by molar-refractivity contribution is -0.883. The van der Waals surface area contributed by atoms with Crippen molar-refractivity contribution in [3.05, 3.63) is 21.1 Å². The summed E-state index contributed by atoms with van der Waals surface area (Å²) in [4.78, 5) is 0. The molecule has 3 nitrogen and oxygen atoms in total. The summed E-state index contributed by atoms with van der Waals surface area (Å²) < 4.78 is 8.20. The molecule has 5 heteroatoms. The number of halogens is 2. The fourth-order valence-corrected chi connectivity index (χ4v) is 2.89. The van der Waals surface area contributed by atoms with Crippen LogP contribution < -0.4 is 10.5 Å². The van der Waals surface area contributed by atoms with Crippen LogP contribution in [0.25, 0.3) is 0 Å². The molecule has 0 aliphatic heterocycles. The molecule has 1 aromatic rings. The number of terminal acetylenes is 1. The SMILES string of the molecule is C#CC[N+](C)(C)CCOc1c(Br)cc(N)cc1Br. The number of nitrogens with two attached hydrogens (primary N) is 1. The predicted octanol–water partition coefficient (Wildman–Crippen LogP) is 2.88. The number of anilines is 1. The minimum Gasteiger partial charge on any atom is -0.485 e. The van der Waals surface area contributed by atoms with Gasteiger partial charge in [0, 0.05) is 5.69 Å². The van der Waals surface area contributed by atoms with E-state index in [1.807, 2.05) is 12.1 Å². The minimum atomic E-state index is 0.593. The average Bonchev–Trinajstić information content (AvgIpc) is 2.21. The molecule has 0 radical (unpaired) electrons. The van der Waals surface area contributed by atoms with Gasteiger partial charge in [-0.2, -0.15) is 0 Å². The Morgan fingerprint density at radius 1 is 1.33 bits per heavy atom. The van der Waals surface area contributed by atoms with Gasteiger partial charge < -0.3 is 15.0 Å². The van der Waals surface area contributed by atoms with E-state index >= 15 is 0 Å². The van der Waals surface area contributed by atoms with Gasteiger partial charge in [-0.15, -0.1) is 6.42 Å². The quantitative estimate of drug-likeness (QED) is 0.487. The molecule has 0 aromatic heterocycles. The highest BCUT2D eigenvalue weighted by Gasteiger charge is 2.14. The number of hydrogen-bond acceptors (Lipinski definition) is 2. The van der Waals surface area contributed by atoms with Gasteiger partial charge in [0.05, 0.1) is 23.0 Å². The Kier molecular flexibility index (Phi) is 5.51. The molecule has 98 valence electrons. The van der Waals surface area contributed by atoms with E-state index in [0.29, 0.717) is 18.8 Å². The molecule has 18 heavy (non-hydrogen) atoms. The van der Waals surface area contributed by atoms with Gasteiger partial charge in [-0.1, -0.05) is 0 Å². The van der Waals surface area contributed by atoms with Gasteiger partial charge in [0.1, 0.15) is 25.4 Å². The Morgan fingerprint density at radius 2 is 1.89 bits per heavy atom. The number of quaternary nitrogens is 1. The lowest BCUT2D eigenvalue weighted by Gasteiger charge is -2.27. The Morgan fingerprint density at radius 3 is 2.39 bits per heavy atom. The van der Waals surface area contributed by atoms with E-state index in [1.54, 1.807) is 0 Å². The number of benzene rings is 1. The average molecular weight is 377 g/mol. The van der Waals surface area contributed by atoms with Crippen molar-refractivity contribution in [3.8, 4) is 18.1 Å². The molecule has 1 rings (SSSR count). The van der Waals surface area contributed by atoms with Crippen LogP contribution in [0.15, 0.2) is 21.1 Å². The molecular formula is C13H17Br2N2O+. The van der Waals surface area contributed by atoms with Crippen LogP contribution in [0, 0.1) is 12.3 Å². The maximum Gasteiger partial charge on any atom is 0.148 e. The largest absolute Gasteiger partial charge is 0.485 e. The van der Waals surface area contributed by atoms with Crippen LogP contribution in [-0.4, -0.2) is 38.3 Å². The molecule has 0 heterocycles. The highest BCUT2D eigenvalue weighted by atomic mass is 79.9. The monoisotopic (exact) mass is 375 g/mol. The molecule has 1 aromatic carbocycles. The second-order valence-electron chi connectivity index (χ2n) is 4.68. The molecule has 0 saturated carbocycles. The van der Waals surface area contributed by atoms with Crippen molar-refractivity contribution in [2.45, 2.75) is 0 Å². The summed E-state index contributed by atoms with van der Waals surface area (Å²) in [6.07, 6.45) is 5.33. The van der Waals surface area contributed by atoms with Crippen molar-refractivity contribution >= 4 is 37.5 Å². The summed E-state index contributed by atoms with van der Waals surface area (Å²) in [6.45, 7) is 2.12. The normalized spacial score (nSPS) is 11.1. The molecule has 0 saturated heterocycles. The predicted molar refractivity (Wildman–Crippen MR) is 82.4 cm³/mol. The van der Waals surface area contributed by atoms with Crippen LogP contribution in [0.4, 0.5) is 5.69 Å². The van der Waals surface area contributed by atoms with Gasteiger partial charge in [-0.05, 0) is 49.9 Å². The number of rotatable bonds is 5. The topological polar surface area (TPSA) is 35.2 Å². The van der Waals surface area contributed by atoms with Gasteiger partial charge in [-0.25, -0.2) is 0 Å². The van der Waals surface area contributed by atoms with Gasteiger partial charge in [0.15, 0.2) is 0 Å². The zero-order valence-electron chi connectivity index (χ0n) is 10.5. The molecule has 0 unspecified atom stereocenters. The molecule has 0 aliphatic rings. The second-order valence-corrected chi connectivity index (χ2v) is 6.39. The molecule has 0 amide bonds. The third-order valence-electron chi connectivity index (χ3n) is 2.48. The number of hydrogen-bond donors (Lipinski definition) is 1. The molecule has 0 bridgehead atoms. The fourth-order valence-electron chi connectivity index (χ4n) is 1.44. The molecule has 2 N–H and O–H groups in total. The molecular weight excluding hydrogens is 360 g/mol. The van der Waals surface area contributed by atoms with Crippen molar-refractivity contribution in [2.24, 2.45) is 0 Å². The summed E-state index contributed by atoms with van der Waals surface area (Å²) in [5.74, 6) is 3.44. The molecule has 0 spiro atoms.